The minimum absolute atomic E-state index is 0.0175. The molecule has 0 spiro atoms. The normalized spacial score (nSPS) is 11.9. The molecule has 0 saturated carbocycles. The molecule has 0 aliphatic heterocycles. The lowest BCUT2D eigenvalue weighted by atomic mass is 10.0. The molecule has 4 rings (SSSR count). The van der Waals surface area contributed by atoms with E-state index >= 15 is 0 Å². The van der Waals surface area contributed by atoms with Crippen LogP contribution in [0.5, 0.6) is 0 Å². The van der Waals surface area contributed by atoms with Crippen LogP contribution in [0.15, 0.2) is 108 Å². The molecule has 4 aromatic carbocycles. The Kier molecular flexibility index (Phi) is 11.7. The number of rotatable bonds is 13. The van der Waals surface area contributed by atoms with Gasteiger partial charge in [-0.05, 0) is 66.1 Å². The van der Waals surface area contributed by atoms with Gasteiger partial charge in [-0.15, -0.1) is 0 Å². The van der Waals surface area contributed by atoms with Crippen molar-refractivity contribution < 1.29 is 18.0 Å². The number of benzene rings is 4. The topological polar surface area (TPSA) is 86.8 Å². The maximum Gasteiger partial charge on any atom is 0.264 e. The Morgan fingerprint density at radius 1 is 0.795 bits per heavy atom. The van der Waals surface area contributed by atoms with Crippen LogP contribution in [0.25, 0.3) is 0 Å². The van der Waals surface area contributed by atoms with E-state index in [0.29, 0.717) is 39.3 Å². The Bertz CT molecular complexity index is 1670. The van der Waals surface area contributed by atoms with Crippen molar-refractivity contribution in [3.63, 3.8) is 0 Å². The summed E-state index contributed by atoms with van der Waals surface area (Å²) in [5.41, 5.74) is 1.76. The summed E-state index contributed by atoms with van der Waals surface area (Å²) in [4.78, 5) is 29.4. The summed E-state index contributed by atoms with van der Waals surface area (Å²) in [6, 6.07) is 27.4. The van der Waals surface area contributed by atoms with E-state index in [1.807, 2.05) is 37.3 Å². The third-order valence-corrected chi connectivity index (χ3v) is 9.66. The molecule has 230 valence electrons. The highest BCUT2D eigenvalue weighted by Crippen LogP contribution is 2.27. The van der Waals surface area contributed by atoms with Gasteiger partial charge in [0.2, 0.25) is 11.8 Å². The van der Waals surface area contributed by atoms with Crippen LogP contribution >= 0.6 is 34.8 Å². The molecule has 0 aliphatic carbocycles. The number of nitrogens with one attached hydrogen (secondary N) is 1. The molecule has 1 N–H and O–H groups in total. The number of hydrogen-bond acceptors (Lipinski definition) is 4. The first-order valence-electron chi connectivity index (χ1n) is 14.0. The van der Waals surface area contributed by atoms with Gasteiger partial charge in [-0.2, -0.15) is 0 Å². The van der Waals surface area contributed by atoms with Crippen molar-refractivity contribution in [2.75, 3.05) is 17.4 Å². The maximum absolute atomic E-state index is 14.4. The first kappa shape index (κ1) is 33.3. The number of anilines is 1. The second-order valence-corrected chi connectivity index (χ2v) is 13.2. The van der Waals surface area contributed by atoms with Crippen molar-refractivity contribution in [1.82, 2.24) is 10.2 Å². The maximum atomic E-state index is 14.4. The van der Waals surface area contributed by atoms with Gasteiger partial charge in [-0.1, -0.05) is 96.3 Å². The summed E-state index contributed by atoms with van der Waals surface area (Å²) in [5, 5.41) is 3.93. The van der Waals surface area contributed by atoms with E-state index in [9.17, 15) is 18.0 Å². The van der Waals surface area contributed by atoms with Gasteiger partial charge in [-0.3, -0.25) is 13.9 Å². The van der Waals surface area contributed by atoms with Gasteiger partial charge in [-0.25, -0.2) is 8.42 Å². The Morgan fingerprint density at radius 2 is 1.43 bits per heavy atom. The van der Waals surface area contributed by atoms with Crippen LogP contribution in [-0.2, 0) is 32.6 Å². The predicted octanol–water partition coefficient (Wildman–Crippen LogP) is 7.01. The average molecular weight is 673 g/mol. The molecule has 0 fully saturated rings. The summed E-state index contributed by atoms with van der Waals surface area (Å²) in [6.45, 7) is 1.77. The smallest absolute Gasteiger partial charge is 0.264 e. The van der Waals surface area contributed by atoms with E-state index in [4.69, 9.17) is 34.8 Å². The van der Waals surface area contributed by atoms with Gasteiger partial charge in [0.1, 0.15) is 12.6 Å². The van der Waals surface area contributed by atoms with E-state index < -0.39 is 28.5 Å². The Labute approximate surface area is 273 Å². The highest BCUT2D eigenvalue weighted by Gasteiger charge is 2.34. The van der Waals surface area contributed by atoms with E-state index in [1.165, 1.54) is 29.2 Å². The van der Waals surface area contributed by atoms with Crippen molar-refractivity contribution in [3.8, 4) is 0 Å². The predicted molar refractivity (Wildman–Crippen MR) is 177 cm³/mol. The molecule has 0 bridgehead atoms. The molecule has 4 aromatic rings. The van der Waals surface area contributed by atoms with Crippen molar-refractivity contribution in [3.05, 3.63) is 129 Å². The van der Waals surface area contributed by atoms with Gasteiger partial charge in [0.15, 0.2) is 0 Å². The first-order valence-corrected chi connectivity index (χ1v) is 16.6. The second kappa shape index (κ2) is 15.4. The third kappa shape index (κ3) is 8.54. The largest absolute Gasteiger partial charge is 0.354 e. The molecule has 0 unspecified atom stereocenters. The summed E-state index contributed by atoms with van der Waals surface area (Å²) in [7, 11) is -4.22. The van der Waals surface area contributed by atoms with Gasteiger partial charge in [0.25, 0.3) is 10.0 Å². The number of halogens is 3. The van der Waals surface area contributed by atoms with Gasteiger partial charge >= 0.3 is 0 Å². The van der Waals surface area contributed by atoms with E-state index in [1.54, 1.807) is 48.5 Å². The van der Waals surface area contributed by atoms with Crippen LogP contribution < -0.4 is 9.62 Å². The molecule has 1 atom stereocenters. The highest BCUT2D eigenvalue weighted by atomic mass is 35.5. The van der Waals surface area contributed by atoms with Crippen LogP contribution in [0.1, 0.15) is 24.5 Å². The van der Waals surface area contributed by atoms with Crippen molar-refractivity contribution in [2.24, 2.45) is 0 Å². The first-order chi connectivity index (χ1) is 21.1. The van der Waals surface area contributed by atoms with Crippen molar-refractivity contribution in [1.29, 1.82) is 0 Å². The fourth-order valence-corrected chi connectivity index (χ4v) is 6.47. The number of carbonyl (C=O) groups is 2. The van der Waals surface area contributed by atoms with Crippen LogP contribution in [-0.4, -0.2) is 44.3 Å². The molecule has 7 nitrogen and oxygen atoms in total. The van der Waals surface area contributed by atoms with Crippen LogP contribution in [0, 0.1) is 0 Å². The fraction of sp³-hybridized carbons (Fsp3) is 0.212. The van der Waals surface area contributed by atoms with E-state index in [0.717, 1.165) is 9.87 Å². The fourth-order valence-electron chi connectivity index (χ4n) is 4.61. The quantitative estimate of drug-likeness (QED) is 0.166. The Morgan fingerprint density at radius 3 is 2.05 bits per heavy atom. The third-order valence-electron chi connectivity index (χ3n) is 6.88. The molecule has 0 aromatic heterocycles. The molecule has 2 amide bonds. The van der Waals surface area contributed by atoms with Crippen molar-refractivity contribution in [2.45, 2.75) is 37.2 Å². The average Bonchev–Trinajstić information content (AvgIpc) is 3.03. The monoisotopic (exact) mass is 671 g/mol. The minimum Gasteiger partial charge on any atom is -0.354 e. The Hall–Kier alpha value is -3.56. The van der Waals surface area contributed by atoms with Gasteiger partial charge in [0, 0.05) is 24.5 Å². The van der Waals surface area contributed by atoms with Gasteiger partial charge < -0.3 is 10.2 Å². The number of nitrogens with zero attached hydrogens (tertiary/aromatic N) is 2. The van der Waals surface area contributed by atoms with Crippen LogP contribution in [0.4, 0.5) is 5.69 Å². The second-order valence-electron chi connectivity index (χ2n) is 10.1. The zero-order chi connectivity index (χ0) is 31.7. The number of carbonyl (C=O) groups excluding carboxylic acids is 2. The number of hydrogen-bond donors (Lipinski definition) is 1. The van der Waals surface area contributed by atoms with E-state index in [-0.39, 0.29) is 23.8 Å². The molecule has 44 heavy (non-hydrogen) atoms. The molecular weight excluding hydrogens is 641 g/mol. The van der Waals surface area contributed by atoms with Crippen molar-refractivity contribution >= 4 is 62.3 Å². The zero-order valence-electron chi connectivity index (χ0n) is 24.0. The van der Waals surface area contributed by atoms with Crippen LogP contribution in [0.2, 0.25) is 15.1 Å². The number of para-hydroxylation sites is 1. The number of sulfonamides is 1. The summed E-state index contributed by atoms with van der Waals surface area (Å²) in [5.74, 6) is -0.930. The molecule has 11 heteroatoms. The minimum atomic E-state index is -4.22. The summed E-state index contributed by atoms with van der Waals surface area (Å²) in [6.07, 6.45) is 0.907. The standard InChI is InChI=1S/C33H32Cl3N3O4S/c1-2-19-37-33(41)31(21-24-9-5-3-6-10-24)38(22-25-13-18-29(35)30(36)20-25)32(40)23-39(27-11-7-4-8-12-27)44(42,43)28-16-14-26(34)15-17-28/h3-18,20,31H,2,19,21-23H2,1H3,(H,37,41)/t31-/m1/s1. The molecular formula is C33H32Cl3N3O4S. The lowest BCUT2D eigenvalue weighted by molar-refractivity contribution is -0.140. The Balaban J connectivity index is 1.79. The molecule has 0 heterocycles. The molecule has 0 saturated heterocycles. The lowest BCUT2D eigenvalue weighted by Gasteiger charge is -2.34. The molecule has 0 aliphatic rings. The number of amides is 2. The highest BCUT2D eigenvalue weighted by molar-refractivity contribution is 7.92. The summed E-state index contributed by atoms with van der Waals surface area (Å²) >= 11 is 18.5. The van der Waals surface area contributed by atoms with Gasteiger partial charge in [0.05, 0.1) is 20.6 Å². The van der Waals surface area contributed by atoms with E-state index in [2.05, 4.69) is 5.32 Å². The van der Waals surface area contributed by atoms with Crippen LogP contribution in [0.3, 0.4) is 0 Å². The molecule has 0 radical (unpaired) electrons. The zero-order valence-corrected chi connectivity index (χ0v) is 27.1. The SMILES string of the molecule is CCCNC(=O)[C@@H](Cc1ccccc1)N(Cc1ccc(Cl)c(Cl)c1)C(=O)CN(c1ccccc1)S(=O)(=O)c1ccc(Cl)cc1. The lowest BCUT2D eigenvalue weighted by Crippen LogP contribution is -2.53. The summed E-state index contributed by atoms with van der Waals surface area (Å²) < 4.78 is 29.0.